The van der Waals surface area contributed by atoms with Gasteiger partial charge in [0.2, 0.25) is 17.7 Å². The Morgan fingerprint density at radius 2 is 1.87 bits per heavy atom. The summed E-state index contributed by atoms with van der Waals surface area (Å²) in [5.74, 6) is -0.120. The van der Waals surface area contributed by atoms with Gasteiger partial charge in [-0.05, 0) is 37.7 Å². The second-order valence-corrected chi connectivity index (χ2v) is 8.83. The zero-order chi connectivity index (χ0) is 22.1. The van der Waals surface area contributed by atoms with Crippen molar-refractivity contribution in [2.24, 2.45) is 5.92 Å². The van der Waals surface area contributed by atoms with Gasteiger partial charge in [-0.2, -0.15) is 0 Å². The molecule has 2 saturated heterocycles. The van der Waals surface area contributed by atoms with Gasteiger partial charge in [-0.1, -0.05) is 56.5 Å². The van der Waals surface area contributed by atoms with E-state index in [1.807, 2.05) is 35.2 Å². The molecule has 6 nitrogen and oxygen atoms in total. The summed E-state index contributed by atoms with van der Waals surface area (Å²) in [4.78, 5) is 42.5. The van der Waals surface area contributed by atoms with Gasteiger partial charge in [0.25, 0.3) is 0 Å². The molecule has 0 aromatic heterocycles. The highest BCUT2D eigenvalue weighted by Crippen LogP contribution is 2.29. The molecule has 31 heavy (non-hydrogen) atoms. The molecule has 0 radical (unpaired) electrons. The molecule has 0 saturated carbocycles. The zero-order valence-corrected chi connectivity index (χ0v) is 18.9. The second kappa shape index (κ2) is 11.9. The van der Waals surface area contributed by atoms with Crippen molar-refractivity contribution in [3.8, 4) is 0 Å². The van der Waals surface area contributed by atoms with Gasteiger partial charge in [-0.3, -0.25) is 14.4 Å². The Balaban J connectivity index is 1.66. The maximum atomic E-state index is 13.6. The number of benzene rings is 1. The van der Waals surface area contributed by atoms with Crippen LogP contribution in [0.5, 0.6) is 0 Å². The summed E-state index contributed by atoms with van der Waals surface area (Å²) in [6.07, 6.45) is 8.43. The monoisotopic (exact) mass is 427 g/mol. The van der Waals surface area contributed by atoms with Crippen molar-refractivity contribution < 1.29 is 14.4 Å². The van der Waals surface area contributed by atoms with Crippen LogP contribution in [-0.2, 0) is 14.4 Å². The third-order valence-corrected chi connectivity index (χ3v) is 6.45. The van der Waals surface area contributed by atoms with Crippen molar-refractivity contribution in [2.75, 3.05) is 26.2 Å². The Hall–Kier alpha value is -2.37. The zero-order valence-electron chi connectivity index (χ0n) is 18.9. The molecule has 2 aliphatic heterocycles. The highest BCUT2D eigenvalue weighted by Gasteiger charge is 2.37. The molecule has 2 heterocycles. The SMILES string of the molecule is CCCCCCNC(=O)C1CCCN(C(=O)C(c2ccccc2)N2CCCCC2=O)C1. The van der Waals surface area contributed by atoms with E-state index in [1.165, 1.54) is 12.8 Å². The fourth-order valence-corrected chi connectivity index (χ4v) is 4.66. The van der Waals surface area contributed by atoms with Crippen molar-refractivity contribution >= 4 is 17.7 Å². The van der Waals surface area contributed by atoms with Crippen molar-refractivity contribution in [2.45, 2.75) is 70.8 Å². The lowest BCUT2D eigenvalue weighted by Gasteiger charge is -2.39. The molecule has 0 bridgehead atoms. The van der Waals surface area contributed by atoms with E-state index in [4.69, 9.17) is 0 Å². The predicted octanol–water partition coefficient (Wildman–Crippen LogP) is 3.68. The Morgan fingerprint density at radius 3 is 2.61 bits per heavy atom. The normalized spacial score (nSPS) is 20.4. The summed E-state index contributed by atoms with van der Waals surface area (Å²) in [6, 6.07) is 9.00. The van der Waals surface area contributed by atoms with Gasteiger partial charge in [0.05, 0.1) is 5.92 Å². The minimum atomic E-state index is -0.593. The largest absolute Gasteiger partial charge is 0.356 e. The minimum absolute atomic E-state index is 0.0480. The van der Waals surface area contributed by atoms with Gasteiger partial charge in [0, 0.05) is 32.6 Å². The highest BCUT2D eigenvalue weighted by molar-refractivity contribution is 5.89. The fourth-order valence-electron chi connectivity index (χ4n) is 4.66. The molecule has 6 heteroatoms. The van der Waals surface area contributed by atoms with Crippen molar-refractivity contribution in [1.29, 1.82) is 0 Å². The summed E-state index contributed by atoms with van der Waals surface area (Å²) < 4.78 is 0. The van der Waals surface area contributed by atoms with Crippen LogP contribution in [0, 0.1) is 5.92 Å². The number of piperidine rings is 2. The highest BCUT2D eigenvalue weighted by atomic mass is 16.2. The molecule has 1 N–H and O–H groups in total. The predicted molar refractivity (Wildman–Crippen MR) is 121 cm³/mol. The van der Waals surface area contributed by atoms with Crippen LogP contribution in [0.3, 0.4) is 0 Å². The average Bonchev–Trinajstić information content (AvgIpc) is 2.81. The van der Waals surface area contributed by atoms with Crippen LogP contribution in [-0.4, -0.2) is 53.7 Å². The molecule has 2 aliphatic rings. The third kappa shape index (κ3) is 6.31. The molecular weight excluding hydrogens is 390 g/mol. The van der Waals surface area contributed by atoms with E-state index in [-0.39, 0.29) is 23.6 Å². The number of nitrogens with one attached hydrogen (secondary N) is 1. The van der Waals surface area contributed by atoms with Crippen LogP contribution in [0.2, 0.25) is 0 Å². The van der Waals surface area contributed by atoms with Crippen LogP contribution in [0.1, 0.15) is 76.3 Å². The van der Waals surface area contributed by atoms with Crippen molar-refractivity contribution in [3.05, 3.63) is 35.9 Å². The summed E-state index contributed by atoms with van der Waals surface area (Å²) in [5, 5.41) is 3.06. The molecular formula is C25H37N3O3. The quantitative estimate of drug-likeness (QED) is 0.611. The maximum absolute atomic E-state index is 13.6. The molecule has 3 amide bonds. The van der Waals surface area contributed by atoms with Crippen molar-refractivity contribution in [3.63, 3.8) is 0 Å². The van der Waals surface area contributed by atoms with Gasteiger partial charge in [0.15, 0.2) is 0 Å². The Labute approximate surface area is 186 Å². The molecule has 2 unspecified atom stereocenters. The van der Waals surface area contributed by atoms with Gasteiger partial charge in [-0.15, -0.1) is 0 Å². The third-order valence-electron chi connectivity index (χ3n) is 6.45. The van der Waals surface area contributed by atoms with E-state index in [9.17, 15) is 14.4 Å². The Morgan fingerprint density at radius 1 is 1.06 bits per heavy atom. The molecule has 0 spiro atoms. The number of nitrogens with zero attached hydrogens (tertiary/aromatic N) is 2. The first-order valence-electron chi connectivity index (χ1n) is 12.0. The van der Waals surface area contributed by atoms with E-state index in [0.717, 1.165) is 44.1 Å². The number of carbonyl (C=O) groups excluding carboxylic acids is 3. The number of unbranched alkanes of at least 4 members (excludes halogenated alkanes) is 3. The first-order chi connectivity index (χ1) is 15.1. The molecule has 1 aromatic rings. The molecule has 2 fully saturated rings. The Kier molecular flexibility index (Phi) is 8.92. The Bertz CT molecular complexity index is 737. The van der Waals surface area contributed by atoms with Crippen LogP contribution < -0.4 is 5.32 Å². The standard InChI is InChI=1S/C25H37N3O3/c1-2-3-4-9-16-26-24(30)21-14-11-17-27(19-21)25(31)23(20-12-6-5-7-13-20)28-18-10-8-15-22(28)29/h5-7,12-13,21,23H,2-4,8-11,14-19H2,1H3,(H,26,30). The maximum Gasteiger partial charge on any atom is 0.250 e. The van der Waals surface area contributed by atoms with Gasteiger partial charge >= 0.3 is 0 Å². The molecule has 0 aliphatic carbocycles. The number of hydrogen-bond donors (Lipinski definition) is 1. The molecule has 170 valence electrons. The average molecular weight is 428 g/mol. The first-order valence-corrected chi connectivity index (χ1v) is 12.0. The van der Waals surface area contributed by atoms with Crippen LogP contribution in [0.15, 0.2) is 30.3 Å². The summed E-state index contributed by atoms with van der Waals surface area (Å²) in [7, 11) is 0. The summed E-state index contributed by atoms with van der Waals surface area (Å²) in [5.41, 5.74) is 0.852. The number of rotatable bonds is 9. The minimum Gasteiger partial charge on any atom is -0.356 e. The van der Waals surface area contributed by atoms with Crippen LogP contribution in [0.4, 0.5) is 0 Å². The van der Waals surface area contributed by atoms with Gasteiger partial charge in [-0.25, -0.2) is 0 Å². The first kappa shape index (κ1) is 23.3. The van der Waals surface area contributed by atoms with Crippen LogP contribution >= 0.6 is 0 Å². The lowest BCUT2D eigenvalue weighted by Crippen LogP contribution is -2.51. The molecule has 1 aromatic carbocycles. The van der Waals surface area contributed by atoms with Crippen LogP contribution in [0.25, 0.3) is 0 Å². The lowest BCUT2D eigenvalue weighted by atomic mass is 9.94. The molecule has 2 atom stereocenters. The topological polar surface area (TPSA) is 69.7 Å². The van der Waals surface area contributed by atoms with Gasteiger partial charge in [0.1, 0.15) is 6.04 Å². The number of carbonyl (C=O) groups is 3. The van der Waals surface area contributed by atoms with E-state index in [1.54, 1.807) is 4.90 Å². The van der Waals surface area contributed by atoms with E-state index in [0.29, 0.717) is 32.6 Å². The molecule has 3 rings (SSSR count). The van der Waals surface area contributed by atoms with E-state index >= 15 is 0 Å². The second-order valence-electron chi connectivity index (χ2n) is 8.83. The number of likely N-dealkylation sites (tertiary alicyclic amines) is 2. The number of hydrogen-bond acceptors (Lipinski definition) is 3. The smallest absolute Gasteiger partial charge is 0.250 e. The van der Waals surface area contributed by atoms with Crippen molar-refractivity contribution in [1.82, 2.24) is 15.1 Å². The summed E-state index contributed by atoms with van der Waals surface area (Å²) >= 11 is 0. The fraction of sp³-hybridized carbons (Fsp3) is 0.640. The van der Waals surface area contributed by atoms with E-state index < -0.39 is 6.04 Å². The number of amides is 3. The summed E-state index contributed by atoms with van der Waals surface area (Å²) in [6.45, 7) is 4.57. The van der Waals surface area contributed by atoms with Gasteiger partial charge < -0.3 is 15.1 Å². The van der Waals surface area contributed by atoms with E-state index in [2.05, 4.69) is 12.2 Å². The lowest BCUT2D eigenvalue weighted by molar-refractivity contribution is -0.149.